The Morgan fingerprint density at radius 1 is 1.43 bits per heavy atom. The number of carbonyl (C=O) groups excluding carboxylic acids is 1. The number of nitrogens with one attached hydrogen (secondary N) is 1. The van der Waals surface area contributed by atoms with E-state index in [9.17, 15) is 4.79 Å². The fraction of sp³-hybridized carbons (Fsp3) is 0.533. The smallest absolute Gasteiger partial charge is 0.244 e. The summed E-state index contributed by atoms with van der Waals surface area (Å²) in [6.07, 6.45) is 7.53. The molecule has 1 aliphatic carbocycles. The Kier molecular flexibility index (Phi) is 5.54. The third kappa shape index (κ3) is 4.73. The number of amides is 1. The van der Waals surface area contributed by atoms with Crippen molar-refractivity contribution in [1.82, 2.24) is 9.88 Å². The van der Waals surface area contributed by atoms with Crippen LogP contribution in [-0.4, -0.2) is 41.4 Å². The predicted octanol–water partition coefficient (Wildman–Crippen LogP) is 1.60. The summed E-state index contributed by atoms with van der Waals surface area (Å²) in [5.41, 5.74) is 5.76. The third-order valence-electron chi connectivity index (χ3n) is 3.82. The van der Waals surface area contributed by atoms with Gasteiger partial charge in [-0.15, -0.1) is 0 Å². The number of carbonyl (C=O) groups is 1. The number of nitrogens with zero attached hydrogens (tertiary/aromatic N) is 3. The molecule has 1 aromatic rings. The van der Waals surface area contributed by atoms with Crippen LogP contribution >= 0.6 is 0 Å². The second-order valence-electron chi connectivity index (χ2n) is 5.34. The molecule has 0 spiro atoms. The van der Waals surface area contributed by atoms with Gasteiger partial charge in [-0.2, -0.15) is 0 Å². The molecule has 0 saturated heterocycles. The van der Waals surface area contributed by atoms with E-state index in [-0.39, 0.29) is 18.4 Å². The topological polar surface area (TPSA) is 83.6 Å². The van der Waals surface area contributed by atoms with Crippen LogP contribution in [-0.2, 0) is 4.79 Å². The van der Waals surface area contributed by atoms with Gasteiger partial charge >= 0.3 is 0 Å². The molecule has 1 aromatic heterocycles. The number of aliphatic imine (C=N–C) groups is 1. The number of nitrogens with two attached hydrogens (primary N) is 1. The first kappa shape index (κ1) is 15.3. The molecule has 2 rings (SSSR count). The molecule has 0 radical (unpaired) electrons. The van der Waals surface area contributed by atoms with Crippen LogP contribution in [0.5, 0.6) is 0 Å². The Morgan fingerprint density at radius 2 is 2.19 bits per heavy atom. The van der Waals surface area contributed by atoms with Crippen LogP contribution in [0.1, 0.15) is 32.1 Å². The van der Waals surface area contributed by atoms with E-state index in [2.05, 4.69) is 15.3 Å². The molecule has 0 atom stereocenters. The van der Waals surface area contributed by atoms with Gasteiger partial charge in [0.1, 0.15) is 12.4 Å². The van der Waals surface area contributed by atoms with Gasteiger partial charge in [0.25, 0.3) is 0 Å². The van der Waals surface area contributed by atoms with Gasteiger partial charge in [-0.3, -0.25) is 4.79 Å². The minimum Gasteiger partial charge on any atom is -0.370 e. The maximum atomic E-state index is 12.1. The van der Waals surface area contributed by atoms with E-state index in [0.717, 1.165) is 12.8 Å². The van der Waals surface area contributed by atoms with Gasteiger partial charge in [-0.05, 0) is 25.0 Å². The zero-order chi connectivity index (χ0) is 15.1. The molecule has 1 amide bonds. The van der Waals surface area contributed by atoms with Gasteiger partial charge in [0.05, 0.1) is 0 Å². The zero-order valence-corrected chi connectivity index (χ0v) is 12.5. The minimum absolute atomic E-state index is 0.00710. The van der Waals surface area contributed by atoms with E-state index < -0.39 is 0 Å². The second kappa shape index (κ2) is 7.61. The van der Waals surface area contributed by atoms with Crippen LogP contribution in [0.15, 0.2) is 29.4 Å². The highest BCUT2D eigenvalue weighted by Crippen LogP contribution is 2.21. The number of guanidine groups is 1. The van der Waals surface area contributed by atoms with Gasteiger partial charge in [0.15, 0.2) is 5.96 Å². The highest BCUT2D eigenvalue weighted by atomic mass is 16.2. The zero-order valence-electron chi connectivity index (χ0n) is 12.5. The number of anilines is 1. The third-order valence-corrected chi connectivity index (χ3v) is 3.82. The summed E-state index contributed by atoms with van der Waals surface area (Å²) in [5.74, 6) is 0.832. The van der Waals surface area contributed by atoms with Crippen molar-refractivity contribution < 1.29 is 4.79 Å². The quantitative estimate of drug-likeness (QED) is 0.651. The lowest BCUT2D eigenvalue weighted by atomic mass is 9.94. The molecule has 1 saturated carbocycles. The Bertz CT molecular complexity index is 482. The largest absolute Gasteiger partial charge is 0.370 e. The standard InChI is InChI=1S/C15H23N5O/c1-20(12-7-3-2-4-8-12)14(21)11-18-15(16)19-13-9-5-6-10-17-13/h5-6,9-10,12H,2-4,7-8,11H2,1H3,(H3,16,17,18,19). The van der Waals surface area contributed by atoms with Crippen molar-refractivity contribution in [3.05, 3.63) is 24.4 Å². The van der Waals surface area contributed by atoms with E-state index in [1.54, 1.807) is 12.3 Å². The fourth-order valence-electron chi connectivity index (χ4n) is 2.54. The summed E-state index contributed by atoms with van der Waals surface area (Å²) >= 11 is 0. The van der Waals surface area contributed by atoms with Crippen LogP contribution in [0, 0.1) is 0 Å². The molecular formula is C15H23N5O. The minimum atomic E-state index is 0.00710. The average molecular weight is 289 g/mol. The first-order valence-electron chi connectivity index (χ1n) is 7.40. The Hall–Kier alpha value is -2.11. The van der Waals surface area contributed by atoms with Gasteiger partial charge < -0.3 is 16.0 Å². The number of pyridine rings is 1. The van der Waals surface area contributed by atoms with E-state index in [1.165, 1.54) is 19.3 Å². The van der Waals surface area contributed by atoms with Gasteiger partial charge in [0.2, 0.25) is 5.91 Å². The second-order valence-corrected chi connectivity index (χ2v) is 5.34. The Labute approximate surface area is 125 Å². The summed E-state index contributed by atoms with van der Waals surface area (Å²) in [7, 11) is 1.86. The lowest BCUT2D eigenvalue weighted by Crippen LogP contribution is -2.40. The van der Waals surface area contributed by atoms with Gasteiger partial charge in [-0.25, -0.2) is 9.98 Å². The SMILES string of the molecule is CN(C(=O)CN=C(N)Nc1ccccn1)C1CCCCC1. The Morgan fingerprint density at radius 3 is 2.86 bits per heavy atom. The first-order valence-corrected chi connectivity index (χ1v) is 7.40. The molecule has 6 heteroatoms. The van der Waals surface area contributed by atoms with Crippen LogP contribution in [0.25, 0.3) is 0 Å². The van der Waals surface area contributed by atoms with Crippen molar-refractivity contribution in [3.63, 3.8) is 0 Å². The van der Waals surface area contributed by atoms with E-state index in [0.29, 0.717) is 11.9 Å². The molecule has 1 heterocycles. The summed E-state index contributed by atoms with van der Waals surface area (Å²) < 4.78 is 0. The number of aromatic nitrogens is 1. The molecule has 114 valence electrons. The Balaban J connectivity index is 1.82. The highest BCUT2D eigenvalue weighted by molar-refractivity contribution is 5.93. The maximum absolute atomic E-state index is 12.1. The van der Waals surface area contributed by atoms with Gasteiger partial charge in [0, 0.05) is 19.3 Å². The fourth-order valence-corrected chi connectivity index (χ4v) is 2.54. The highest BCUT2D eigenvalue weighted by Gasteiger charge is 2.21. The lowest BCUT2D eigenvalue weighted by molar-refractivity contribution is -0.130. The summed E-state index contributed by atoms with van der Waals surface area (Å²) in [6, 6.07) is 5.82. The van der Waals surface area contributed by atoms with Crippen molar-refractivity contribution in [2.45, 2.75) is 38.1 Å². The van der Waals surface area contributed by atoms with E-state index in [4.69, 9.17) is 5.73 Å². The van der Waals surface area contributed by atoms with Crippen molar-refractivity contribution in [2.75, 3.05) is 18.9 Å². The molecule has 0 bridgehead atoms. The van der Waals surface area contributed by atoms with Crippen molar-refractivity contribution in [3.8, 4) is 0 Å². The maximum Gasteiger partial charge on any atom is 0.244 e. The molecule has 0 unspecified atom stereocenters. The van der Waals surface area contributed by atoms with E-state index >= 15 is 0 Å². The summed E-state index contributed by atoms with van der Waals surface area (Å²) in [5, 5.41) is 2.86. The van der Waals surface area contributed by atoms with Crippen LogP contribution < -0.4 is 11.1 Å². The molecule has 21 heavy (non-hydrogen) atoms. The molecule has 3 N–H and O–H groups in total. The summed E-state index contributed by atoms with van der Waals surface area (Å²) in [6.45, 7) is 0.0681. The molecular weight excluding hydrogens is 266 g/mol. The normalized spacial score (nSPS) is 16.5. The first-order chi connectivity index (χ1) is 10.2. The van der Waals surface area contributed by atoms with Crippen molar-refractivity contribution in [1.29, 1.82) is 0 Å². The van der Waals surface area contributed by atoms with E-state index in [1.807, 2.05) is 24.1 Å². The van der Waals surface area contributed by atoms with Gasteiger partial charge in [-0.1, -0.05) is 25.3 Å². The molecule has 0 aliphatic heterocycles. The lowest BCUT2D eigenvalue weighted by Gasteiger charge is -2.30. The number of hydrogen-bond donors (Lipinski definition) is 2. The number of rotatable bonds is 4. The van der Waals surface area contributed by atoms with Crippen molar-refractivity contribution in [2.24, 2.45) is 10.7 Å². The van der Waals surface area contributed by atoms with Crippen LogP contribution in [0.4, 0.5) is 5.82 Å². The molecule has 0 aromatic carbocycles. The monoisotopic (exact) mass is 289 g/mol. The molecule has 6 nitrogen and oxygen atoms in total. The molecule has 1 fully saturated rings. The number of likely N-dealkylation sites (N-methyl/N-ethyl adjacent to an activating group) is 1. The van der Waals surface area contributed by atoms with Crippen LogP contribution in [0.2, 0.25) is 0 Å². The molecule has 1 aliphatic rings. The predicted molar refractivity (Wildman–Crippen MR) is 84.0 cm³/mol. The van der Waals surface area contributed by atoms with Crippen LogP contribution in [0.3, 0.4) is 0 Å². The average Bonchev–Trinajstić information content (AvgIpc) is 2.53. The van der Waals surface area contributed by atoms with Crippen molar-refractivity contribution >= 4 is 17.7 Å². The summed E-state index contributed by atoms with van der Waals surface area (Å²) in [4.78, 5) is 22.1. The number of hydrogen-bond acceptors (Lipinski definition) is 3.